The number of aryl methyl sites for hydroxylation is 1. The summed E-state index contributed by atoms with van der Waals surface area (Å²) in [6.45, 7) is 13.9. The van der Waals surface area contributed by atoms with Gasteiger partial charge in [0.25, 0.3) is 0 Å². The molecule has 0 spiro atoms. The van der Waals surface area contributed by atoms with Gasteiger partial charge in [-0.05, 0) is 80.3 Å². The lowest BCUT2D eigenvalue weighted by Gasteiger charge is -2.31. The summed E-state index contributed by atoms with van der Waals surface area (Å²) in [4.78, 5) is 75.9. The van der Waals surface area contributed by atoms with Crippen LogP contribution in [0.5, 0.6) is 5.75 Å². The highest BCUT2D eigenvalue weighted by molar-refractivity contribution is 7.12. The Balaban J connectivity index is 1.08. The number of hydrogen-bond donors (Lipinski definition) is 4. The van der Waals surface area contributed by atoms with Crippen LogP contribution >= 0.6 is 11.3 Å². The zero-order valence-corrected chi connectivity index (χ0v) is 42.4. The van der Waals surface area contributed by atoms with E-state index in [-0.39, 0.29) is 46.5 Å². The van der Waals surface area contributed by atoms with Gasteiger partial charge in [-0.1, -0.05) is 47.6 Å². The molecule has 0 aliphatic carbocycles. The zero-order chi connectivity index (χ0) is 51.5. The van der Waals surface area contributed by atoms with Crippen LogP contribution in [-0.2, 0) is 25.2 Å². The van der Waals surface area contributed by atoms with Gasteiger partial charge >= 0.3 is 18.4 Å². The van der Waals surface area contributed by atoms with E-state index in [4.69, 9.17) is 24.2 Å². The Hall–Kier alpha value is -6.90. The molecule has 4 N–H and O–H groups in total. The number of amides is 4. The van der Waals surface area contributed by atoms with E-state index >= 15 is 13.2 Å². The maximum absolute atomic E-state index is 15.0. The normalized spacial score (nSPS) is 18.6. The first-order valence-corrected chi connectivity index (χ1v) is 25.0. The molecule has 72 heavy (non-hydrogen) atoms. The first-order chi connectivity index (χ1) is 34.3. The predicted octanol–water partition coefficient (Wildman–Crippen LogP) is 10.0. The lowest BCUT2D eigenvalue weighted by atomic mass is 9.98. The van der Waals surface area contributed by atoms with E-state index in [1.54, 1.807) is 22.2 Å². The highest BCUT2D eigenvalue weighted by atomic mass is 32.1. The van der Waals surface area contributed by atoms with E-state index in [9.17, 15) is 19.2 Å². The molecule has 1 unspecified atom stereocenters. The largest absolute Gasteiger partial charge is 0.464 e. The van der Waals surface area contributed by atoms with Gasteiger partial charge in [-0.2, -0.15) is 13.2 Å². The van der Waals surface area contributed by atoms with E-state index in [0.29, 0.717) is 82.1 Å². The summed E-state index contributed by atoms with van der Waals surface area (Å²) >= 11 is 0.984. The van der Waals surface area contributed by atoms with Crippen molar-refractivity contribution in [3.05, 3.63) is 81.6 Å². The highest BCUT2D eigenvalue weighted by Crippen LogP contribution is 2.51. The molecule has 0 bridgehead atoms. The van der Waals surface area contributed by atoms with Gasteiger partial charge in [-0.3, -0.25) is 14.2 Å². The average molecular weight is 1010 g/mol. The SMILES string of the molecule is COC(=O)N[C@H](C(=O)N1CCC[C@H]1c1ncc(-c2cc(C)c3c(c2)OC(c2sc(C(C)C)nc2C(F)(F)F)n2c-3cc3cc(-c4cnc([C@@H]5CCCN5C(=O)[C@@H](NC(=O)OC)C(C)C)[nH]4)ccc32)[nH]1)C(C)C. The third-order valence-corrected chi connectivity index (χ3v) is 15.2. The third-order valence-electron chi connectivity index (χ3n) is 13.8. The number of benzene rings is 2. The number of alkyl halides is 3. The Morgan fingerprint density at radius 3 is 1.86 bits per heavy atom. The molecular formula is C51H59F3N10O7S. The number of carbonyl (C=O) groups is 4. The summed E-state index contributed by atoms with van der Waals surface area (Å²) in [6.07, 6.45) is -1.21. The fourth-order valence-electron chi connectivity index (χ4n) is 10.2. The lowest BCUT2D eigenvalue weighted by Crippen LogP contribution is -2.51. The summed E-state index contributed by atoms with van der Waals surface area (Å²) in [5, 5.41) is 6.43. The van der Waals surface area contributed by atoms with Crippen molar-refractivity contribution < 1.29 is 46.6 Å². The Bertz CT molecular complexity index is 3050. The second-order valence-corrected chi connectivity index (χ2v) is 20.7. The molecule has 9 rings (SSSR count). The Labute approximate surface area is 418 Å². The maximum Gasteiger partial charge on any atom is 0.434 e. The summed E-state index contributed by atoms with van der Waals surface area (Å²) in [5.41, 5.74) is 4.55. The number of thiazole rings is 1. The minimum atomic E-state index is -4.77. The van der Waals surface area contributed by atoms with E-state index < -0.39 is 42.4 Å². The van der Waals surface area contributed by atoms with Gasteiger partial charge in [0, 0.05) is 41.1 Å². The second-order valence-electron chi connectivity index (χ2n) is 19.7. The second kappa shape index (κ2) is 19.6. The zero-order valence-electron chi connectivity index (χ0n) is 41.6. The van der Waals surface area contributed by atoms with Crippen LogP contribution in [0.15, 0.2) is 48.8 Å². The van der Waals surface area contributed by atoms with Crippen LogP contribution in [0.4, 0.5) is 22.8 Å². The molecule has 3 aliphatic heterocycles. The standard InChI is InChI=1S/C51H59F3N10O7S/c1-24(2)39(59-49(67)69-8)46(65)62-16-10-12-34(62)43-55-22-31(57-43)28-14-15-33-30(19-28)20-36-38-27(7)18-29(21-37(38)71-48(64(33)36)41-42(51(52,53)54)61-45(72-41)26(5)6)32-23-56-44(58-32)35-13-11-17-63(35)47(66)40(25(3)4)60-50(68)70-9/h14-15,18-26,34-35,39-40,48H,10-13,16-17H2,1-9H3,(H,55,57)(H,56,58)(H,59,67)(H,60,68)/t34-,35-,39-,40-,48?/m0/s1. The Morgan fingerprint density at radius 1 is 0.792 bits per heavy atom. The highest BCUT2D eigenvalue weighted by Gasteiger charge is 2.44. The average Bonchev–Trinajstić information content (AvgIpc) is 4.20. The number of halogens is 3. The van der Waals surface area contributed by atoms with E-state index in [0.717, 1.165) is 40.7 Å². The minimum Gasteiger partial charge on any atom is -0.464 e. The number of hydrogen-bond acceptors (Lipinski definition) is 11. The fourth-order valence-corrected chi connectivity index (χ4v) is 11.3. The number of H-pyrrole nitrogens is 2. The van der Waals surface area contributed by atoms with Gasteiger partial charge in [-0.25, -0.2) is 24.5 Å². The summed E-state index contributed by atoms with van der Waals surface area (Å²) < 4.78 is 63.3. The number of ether oxygens (including phenoxy) is 3. The van der Waals surface area contributed by atoms with Crippen molar-refractivity contribution in [3.63, 3.8) is 0 Å². The molecule has 4 amide bonds. The van der Waals surface area contributed by atoms with Crippen molar-refractivity contribution in [1.29, 1.82) is 0 Å². The van der Waals surface area contributed by atoms with Crippen molar-refractivity contribution in [3.8, 4) is 39.5 Å². The molecule has 0 radical (unpaired) electrons. The summed E-state index contributed by atoms with van der Waals surface area (Å²) in [6, 6.07) is 9.13. The van der Waals surface area contributed by atoms with Crippen LogP contribution in [0.2, 0.25) is 0 Å². The molecule has 7 heterocycles. The predicted molar refractivity (Wildman–Crippen MR) is 263 cm³/mol. The molecule has 17 nitrogen and oxygen atoms in total. The number of nitrogens with one attached hydrogen (secondary N) is 4. The Morgan fingerprint density at radius 2 is 1.35 bits per heavy atom. The summed E-state index contributed by atoms with van der Waals surface area (Å²) in [5.74, 6) is 0.390. The Kier molecular flexibility index (Phi) is 13.6. The number of nitrogens with zero attached hydrogens (tertiary/aromatic N) is 6. The van der Waals surface area contributed by atoms with Crippen LogP contribution < -0.4 is 15.4 Å². The molecule has 6 aromatic rings. The molecule has 382 valence electrons. The topological polar surface area (TPSA) is 202 Å². The molecule has 21 heteroatoms. The molecule has 0 saturated carbocycles. The van der Waals surface area contributed by atoms with Crippen LogP contribution in [0.1, 0.15) is 124 Å². The quantitative estimate of drug-likeness (QED) is 0.0914. The smallest absolute Gasteiger partial charge is 0.434 e. The van der Waals surface area contributed by atoms with Gasteiger partial charge in [0.2, 0.25) is 18.0 Å². The number of fused-ring (bicyclic) bond motifs is 5. The van der Waals surface area contributed by atoms with Gasteiger partial charge in [0.15, 0.2) is 5.69 Å². The number of carbonyl (C=O) groups excluding carboxylic acids is 4. The van der Waals surface area contributed by atoms with Crippen molar-refractivity contribution in [2.75, 3.05) is 27.3 Å². The van der Waals surface area contributed by atoms with E-state index in [1.807, 2.05) is 89.4 Å². The van der Waals surface area contributed by atoms with Crippen LogP contribution in [-0.4, -0.2) is 103 Å². The summed E-state index contributed by atoms with van der Waals surface area (Å²) in [7, 11) is 2.50. The van der Waals surface area contributed by atoms with Crippen molar-refractivity contribution >= 4 is 46.2 Å². The number of imidazole rings is 2. The number of methoxy groups -OCH3 is 2. The number of likely N-dealkylation sites (tertiary alicyclic amines) is 2. The van der Waals surface area contributed by atoms with E-state index in [1.165, 1.54) is 14.2 Å². The van der Waals surface area contributed by atoms with Gasteiger partial charge in [0.05, 0.1) is 71.2 Å². The molecular weight excluding hydrogens is 954 g/mol. The van der Waals surface area contributed by atoms with Crippen molar-refractivity contribution in [2.45, 2.75) is 117 Å². The molecule has 5 atom stereocenters. The molecule has 2 fully saturated rings. The van der Waals surface area contributed by atoms with Crippen LogP contribution in [0, 0.1) is 18.8 Å². The maximum atomic E-state index is 15.0. The van der Waals surface area contributed by atoms with Crippen molar-refractivity contribution in [2.24, 2.45) is 11.8 Å². The minimum absolute atomic E-state index is 0.0747. The third kappa shape index (κ3) is 9.26. The first-order valence-electron chi connectivity index (χ1n) is 24.2. The van der Waals surface area contributed by atoms with Crippen molar-refractivity contribution in [1.82, 2.24) is 49.9 Å². The van der Waals surface area contributed by atoms with Gasteiger partial charge in [0.1, 0.15) is 29.5 Å². The van der Waals surface area contributed by atoms with Gasteiger partial charge < -0.3 is 44.6 Å². The monoisotopic (exact) mass is 1010 g/mol. The number of alkyl carbamates (subject to hydrolysis) is 2. The fraction of sp³-hybridized carbons (Fsp3) is 0.471. The van der Waals surface area contributed by atoms with E-state index in [2.05, 4.69) is 25.6 Å². The van der Waals surface area contributed by atoms with Crippen LogP contribution in [0.25, 0.3) is 44.7 Å². The van der Waals surface area contributed by atoms with Gasteiger partial charge in [-0.15, -0.1) is 11.3 Å². The molecule has 2 aromatic carbocycles. The lowest BCUT2D eigenvalue weighted by molar-refractivity contribution is -0.142. The molecule has 4 aromatic heterocycles. The number of aromatic nitrogens is 6. The number of aromatic amines is 2. The number of rotatable bonds is 12. The van der Waals surface area contributed by atoms with Crippen LogP contribution in [0.3, 0.4) is 0 Å². The first kappa shape index (κ1) is 50.1. The molecule has 2 saturated heterocycles. The molecule has 3 aliphatic rings.